The minimum atomic E-state index is -0.488. The molecular formula is C17H30BNO4. The molecule has 1 amide bonds. The van der Waals surface area contributed by atoms with Crippen LogP contribution in [0.4, 0.5) is 4.79 Å². The predicted octanol–water partition coefficient (Wildman–Crippen LogP) is 3.58. The van der Waals surface area contributed by atoms with Crippen LogP contribution >= 0.6 is 0 Å². The number of rotatable bonds is 1. The zero-order chi connectivity index (χ0) is 17.5. The van der Waals surface area contributed by atoms with Crippen molar-refractivity contribution >= 4 is 13.2 Å². The fourth-order valence-corrected chi connectivity index (χ4v) is 2.58. The van der Waals surface area contributed by atoms with Crippen molar-refractivity contribution in [3.8, 4) is 0 Å². The Labute approximate surface area is 140 Å². The minimum absolute atomic E-state index is 0.276. The van der Waals surface area contributed by atoms with Crippen molar-refractivity contribution in [2.45, 2.75) is 78.1 Å². The maximum absolute atomic E-state index is 12.4. The van der Waals surface area contributed by atoms with E-state index in [1.165, 1.54) is 0 Å². The molecule has 6 heteroatoms. The Balaban J connectivity index is 2.09. The number of carbonyl (C=O) groups excluding carboxylic acids is 1. The molecule has 2 heterocycles. The van der Waals surface area contributed by atoms with E-state index in [0.29, 0.717) is 13.1 Å². The largest absolute Gasteiger partial charge is 0.492 e. The molecule has 0 aromatic heterocycles. The maximum atomic E-state index is 12.4. The smallest absolute Gasteiger partial charge is 0.444 e. The number of hydrogen-bond acceptors (Lipinski definition) is 4. The van der Waals surface area contributed by atoms with Gasteiger partial charge < -0.3 is 18.9 Å². The first-order valence-corrected chi connectivity index (χ1v) is 8.44. The van der Waals surface area contributed by atoms with Gasteiger partial charge in [0.15, 0.2) is 0 Å². The highest BCUT2D eigenvalue weighted by Crippen LogP contribution is 2.39. The number of amides is 1. The Hall–Kier alpha value is -1.01. The normalized spacial score (nSPS) is 24.2. The number of nitrogens with zero attached hydrogens (tertiary/aromatic N) is 1. The van der Waals surface area contributed by atoms with Gasteiger partial charge in [-0.2, -0.15) is 0 Å². The van der Waals surface area contributed by atoms with Gasteiger partial charge in [-0.1, -0.05) is 6.08 Å². The second kappa shape index (κ2) is 6.13. The molecule has 2 aliphatic rings. The van der Waals surface area contributed by atoms with Gasteiger partial charge in [-0.25, -0.2) is 4.79 Å². The van der Waals surface area contributed by atoms with Crippen LogP contribution in [0.15, 0.2) is 11.5 Å². The summed E-state index contributed by atoms with van der Waals surface area (Å²) in [5, 5.41) is 0. The molecule has 0 bridgehead atoms. The summed E-state index contributed by atoms with van der Waals surface area (Å²) in [5.74, 6) is 0. The van der Waals surface area contributed by atoms with E-state index in [2.05, 4.69) is 6.08 Å². The molecule has 0 unspecified atom stereocenters. The number of allylic oxidation sites excluding steroid dienone is 1. The highest BCUT2D eigenvalue weighted by Gasteiger charge is 2.52. The molecule has 0 atom stereocenters. The van der Waals surface area contributed by atoms with E-state index in [4.69, 9.17) is 14.0 Å². The zero-order valence-electron chi connectivity index (χ0n) is 15.6. The van der Waals surface area contributed by atoms with Crippen molar-refractivity contribution in [2.75, 3.05) is 13.1 Å². The van der Waals surface area contributed by atoms with Gasteiger partial charge in [-0.3, -0.25) is 0 Å². The predicted molar refractivity (Wildman–Crippen MR) is 91.2 cm³/mol. The quantitative estimate of drug-likeness (QED) is 0.692. The van der Waals surface area contributed by atoms with E-state index in [-0.39, 0.29) is 17.3 Å². The summed E-state index contributed by atoms with van der Waals surface area (Å²) in [5.41, 5.74) is -0.229. The molecule has 1 fully saturated rings. The van der Waals surface area contributed by atoms with E-state index in [9.17, 15) is 4.79 Å². The van der Waals surface area contributed by atoms with Crippen molar-refractivity contribution in [3.05, 3.63) is 11.5 Å². The second-order valence-electron chi connectivity index (χ2n) is 8.41. The zero-order valence-corrected chi connectivity index (χ0v) is 15.6. The van der Waals surface area contributed by atoms with Crippen LogP contribution in [0.25, 0.3) is 0 Å². The summed E-state index contributed by atoms with van der Waals surface area (Å²) in [6, 6.07) is 0. The molecule has 23 heavy (non-hydrogen) atoms. The molecule has 1 saturated heterocycles. The van der Waals surface area contributed by atoms with Crippen molar-refractivity contribution < 1.29 is 18.8 Å². The van der Waals surface area contributed by atoms with E-state index in [1.54, 1.807) is 4.90 Å². The summed E-state index contributed by atoms with van der Waals surface area (Å²) in [4.78, 5) is 14.1. The maximum Gasteiger partial charge on any atom is 0.492 e. The summed E-state index contributed by atoms with van der Waals surface area (Å²) in [6.07, 6.45) is 3.70. The first-order chi connectivity index (χ1) is 10.4. The average molecular weight is 323 g/mol. The summed E-state index contributed by atoms with van der Waals surface area (Å²) < 4.78 is 17.7. The van der Waals surface area contributed by atoms with Gasteiger partial charge in [0.25, 0.3) is 0 Å². The van der Waals surface area contributed by atoms with Gasteiger partial charge in [0.1, 0.15) is 5.60 Å². The fraction of sp³-hybridized carbons (Fsp3) is 0.824. The van der Waals surface area contributed by atoms with Crippen LogP contribution in [0, 0.1) is 0 Å². The molecule has 5 nitrogen and oxygen atoms in total. The molecular weight excluding hydrogens is 293 g/mol. The molecule has 0 aliphatic carbocycles. The van der Waals surface area contributed by atoms with Crippen LogP contribution in [0.3, 0.4) is 0 Å². The second-order valence-corrected chi connectivity index (χ2v) is 8.41. The standard InChI is InChI=1S/C17H30BNO4/c1-15(2,3)21-14(20)19-11-9-8-10-13(12-19)18-22-16(4,5)17(6,7)23-18/h10H,8-9,11-12H2,1-7H3. The molecule has 0 radical (unpaired) electrons. The van der Waals surface area contributed by atoms with Crippen LogP contribution in [0.5, 0.6) is 0 Å². The SMILES string of the molecule is CC(C)(C)OC(=O)N1CCCC=C(B2OC(C)(C)C(C)(C)O2)C1. The molecule has 0 aromatic carbocycles. The van der Waals surface area contributed by atoms with Gasteiger partial charge in [0.05, 0.1) is 11.2 Å². The van der Waals surface area contributed by atoms with Crippen molar-refractivity contribution in [3.63, 3.8) is 0 Å². The first kappa shape index (κ1) is 18.3. The molecule has 0 N–H and O–H groups in total. The summed E-state index contributed by atoms with van der Waals surface area (Å²) >= 11 is 0. The third-order valence-electron chi connectivity index (χ3n) is 4.62. The molecule has 0 spiro atoms. The Morgan fingerprint density at radius 3 is 2.30 bits per heavy atom. The van der Waals surface area contributed by atoms with Crippen LogP contribution < -0.4 is 0 Å². The van der Waals surface area contributed by atoms with E-state index in [1.807, 2.05) is 48.5 Å². The fourth-order valence-electron chi connectivity index (χ4n) is 2.58. The van der Waals surface area contributed by atoms with Gasteiger partial charge in [0, 0.05) is 13.1 Å². The van der Waals surface area contributed by atoms with Gasteiger partial charge in [0.2, 0.25) is 0 Å². The number of hydrogen-bond donors (Lipinski definition) is 0. The highest BCUT2D eigenvalue weighted by molar-refractivity contribution is 6.54. The topological polar surface area (TPSA) is 48.0 Å². The Kier molecular flexibility index (Phi) is 4.89. The lowest BCUT2D eigenvalue weighted by molar-refractivity contribution is 0.00578. The Bertz CT molecular complexity index is 477. The van der Waals surface area contributed by atoms with Gasteiger partial charge in [-0.15, -0.1) is 0 Å². The third kappa shape index (κ3) is 4.30. The van der Waals surface area contributed by atoms with Crippen LogP contribution in [0.2, 0.25) is 0 Å². The number of carbonyl (C=O) groups is 1. The van der Waals surface area contributed by atoms with Crippen LogP contribution in [-0.4, -0.2) is 48.0 Å². The lowest BCUT2D eigenvalue weighted by Gasteiger charge is -2.32. The lowest BCUT2D eigenvalue weighted by Crippen LogP contribution is -2.41. The molecule has 0 aromatic rings. The highest BCUT2D eigenvalue weighted by atomic mass is 16.7. The van der Waals surface area contributed by atoms with Gasteiger partial charge >= 0.3 is 13.2 Å². The minimum Gasteiger partial charge on any atom is -0.444 e. The van der Waals surface area contributed by atoms with E-state index in [0.717, 1.165) is 18.3 Å². The first-order valence-electron chi connectivity index (χ1n) is 8.44. The van der Waals surface area contributed by atoms with Crippen LogP contribution in [0.1, 0.15) is 61.3 Å². The molecule has 2 aliphatic heterocycles. The summed E-state index contributed by atoms with van der Waals surface area (Å²) in [6.45, 7) is 15.0. The summed E-state index contributed by atoms with van der Waals surface area (Å²) in [7, 11) is -0.400. The van der Waals surface area contributed by atoms with Gasteiger partial charge in [-0.05, 0) is 66.8 Å². The molecule has 2 rings (SSSR count). The average Bonchev–Trinajstić information content (AvgIpc) is 2.56. The number of ether oxygens (including phenoxy) is 1. The third-order valence-corrected chi connectivity index (χ3v) is 4.62. The molecule has 0 saturated carbocycles. The Morgan fingerprint density at radius 2 is 1.78 bits per heavy atom. The monoisotopic (exact) mass is 323 g/mol. The van der Waals surface area contributed by atoms with Crippen molar-refractivity contribution in [1.29, 1.82) is 0 Å². The van der Waals surface area contributed by atoms with E-state index >= 15 is 0 Å². The van der Waals surface area contributed by atoms with E-state index < -0.39 is 12.7 Å². The van der Waals surface area contributed by atoms with Crippen molar-refractivity contribution in [2.24, 2.45) is 0 Å². The lowest BCUT2D eigenvalue weighted by atomic mass is 9.77. The van der Waals surface area contributed by atoms with Crippen molar-refractivity contribution in [1.82, 2.24) is 4.90 Å². The Morgan fingerprint density at radius 1 is 1.22 bits per heavy atom. The molecule has 130 valence electrons. The van der Waals surface area contributed by atoms with Crippen LogP contribution in [-0.2, 0) is 14.0 Å².